The highest BCUT2D eigenvalue weighted by molar-refractivity contribution is 5.94. The molecule has 1 aromatic carbocycles. The number of nitrogens with one attached hydrogen (secondary N) is 2. The number of rotatable bonds is 5. The quantitative estimate of drug-likeness (QED) is 0.809. The van der Waals surface area contributed by atoms with Crippen LogP contribution in [0.2, 0.25) is 0 Å². The lowest BCUT2D eigenvalue weighted by Crippen LogP contribution is -2.24. The average Bonchev–Trinajstić information content (AvgIpc) is 3.13. The predicted octanol–water partition coefficient (Wildman–Crippen LogP) is 2.99. The van der Waals surface area contributed by atoms with Gasteiger partial charge in [-0.05, 0) is 42.0 Å². The van der Waals surface area contributed by atoms with Crippen molar-refractivity contribution in [2.45, 2.75) is 51.6 Å². The number of hydrogen-bond donors (Lipinski definition) is 2. The maximum atomic E-state index is 12.1. The zero-order chi connectivity index (χ0) is 13.8. The van der Waals surface area contributed by atoms with Gasteiger partial charge in [-0.1, -0.05) is 31.7 Å². The topological polar surface area (TPSA) is 41.1 Å². The third-order valence-corrected chi connectivity index (χ3v) is 4.65. The summed E-state index contributed by atoms with van der Waals surface area (Å²) in [5.41, 5.74) is 3.39. The van der Waals surface area contributed by atoms with Crippen molar-refractivity contribution in [1.29, 1.82) is 0 Å². The second-order valence-electron chi connectivity index (χ2n) is 6.14. The van der Waals surface area contributed by atoms with Gasteiger partial charge in [-0.15, -0.1) is 0 Å². The Labute approximate surface area is 121 Å². The normalized spacial score (nSPS) is 18.2. The molecule has 1 fully saturated rings. The molecule has 3 rings (SSSR count). The van der Waals surface area contributed by atoms with E-state index in [1.165, 1.54) is 43.2 Å². The van der Waals surface area contributed by atoms with Crippen LogP contribution < -0.4 is 10.6 Å². The van der Waals surface area contributed by atoms with E-state index >= 15 is 0 Å². The molecule has 1 aliphatic carbocycles. The molecule has 20 heavy (non-hydrogen) atoms. The van der Waals surface area contributed by atoms with Crippen LogP contribution in [0.4, 0.5) is 0 Å². The van der Waals surface area contributed by atoms with Gasteiger partial charge in [-0.2, -0.15) is 0 Å². The third-order valence-electron chi connectivity index (χ3n) is 4.65. The van der Waals surface area contributed by atoms with Crippen LogP contribution >= 0.6 is 0 Å². The van der Waals surface area contributed by atoms with Crippen LogP contribution in [0.5, 0.6) is 0 Å². The molecule has 0 atom stereocenters. The van der Waals surface area contributed by atoms with Crippen molar-refractivity contribution in [3.05, 3.63) is 34.9 Å². The highest BCUT2D eigenvalue weighted by Gasteiger charge is 2.15. The van der Waals surface area contributed by atoms with Gasteiger partial charge in [0.05, 0.1) is 0 Å². The average molecular weight is 272 g/mol. The molecule has 1 saturated carbocycles. The molecule has 0 unspecified atom stereocenters. The molecule has 1 aromatic rings. The lowest BCUT2D eigenvalue weighted by atomic mass is 10.0. The Kier molecular flexibility index (Phi) is 4.36. The van der Waals surface area contributed by atoms with E-state index in [9.17, 15) is 4.79 Å². The number of benzene rings is 1. The molecule has 3 nitrogen and oxygen atoms in total. The first kappa shape index (κ1) is 13.6. The minimum atomic E-state index is 0.0751. The molecular weight excluding hydrogens is 248 g/mol. The molecule has 1 aliphatic heterocycles. The summed E-state index contributed by atoms with van der Waals surface area (Å²) >= 11 is 0. The van der Waals surface area contributed by atoms with E-state index in [0.29, 0.717) is 0 Å². The van der Waals surface area contributed by atoms with Gasteiger partial charge < -0.3 is 10.6 Å². The fourth-order valence-corrected chi connectivity index (χ4v) is 3.43. The molecule has 0 aromatic heterocycles. The van der Waals surface area contributed by atoms with E-state index in [-0.39, 0.29) is 5.91 Å². The van der Waals surface area contributed by atoms with Gasteiger partial charge in [0.25, 0.3) is 5.91 Å². The van der Waals surface area contributed by atoms with Gasteiger partial charge in [-0.3, -0.25) is 4.79 Å². The Morgan fingerprint density at radius 1 is 1.20 bits per heavy atom. The van der Waals surface area contributed by atoms with Crippen LogP contribution in [0.1, 0.15) is 60.0 Å². The predicted molar refractivity (Wildman–Crippen MR) is 80.5 cm³/mol. The van der Waals surface area contributed by atoms with E-state index in [4.69, 9.17) is 0 Å². The lowest BCUT2D eigenvalue weighted by Gasteiger charge is -2.10. The maximum absolute atomic E-state index is 12.1. The summed E-state index contributed by atoms with van der Waals surface area (Å²) in [6, 6.07) is 6.04. The summed E-state index contributed by atoms with van der Waals surface area (Å²) in [5, 5.41) is 6.36. The zero-order valence-corrected chi connectivity index (χ0v) is 12.1. The van der Waals surface area contributed by atoms with E-state index in [0.717, 1.165) is 37.5 Å². The molecular formula is C17H24N2O. The van der Waals surface area contributed by atoms with Crippen LogP contribution in [0.15, 0.2) is 18.2 Å². The SMILES string of the molecule is O=C(NCCCC1CCCC1)c1ccc2c(c1)CNC2. The summed E-state index contributed by atoms with van der Waals surface area (Å²) in [4.78, 5) is 12.1. The summed E-state index contributed by atoms with van der Waals surface area (Å²) in [7, 11) is 0. The van der Waals surface area contributed by atoms with Crippen molar-refractivity contribution in [2.75, 3.05) is 6.54 Å². The van der Waals surface area contributed by atoms with Crippen molar-refractivity contribution in [3.63, 3.8) is 0 Å². The van der Waals surface area contributed by atoms with Gasteiger partial charge in [-0.25, -0.2) is 0 Å². The van der Waals surface area contributed by atoms with Crippen LogP contribution in [0.3, 0.4) is 0 Å². The van der Waals surface area contributed by atoms with Gasteiger partial charge in [0.2, 0.25) is 0 Å². The molecule has 3 heteroatoms. The first-order chi connectivity index (χ1) is 9.83. The van der Waals surface area contributed by atoms with Crippen LogP contribution in [0.25, 0.3) is 0 Å². The molecule has 108 valence electrons. The van der Waals surface area contributed by atoms with Gasteiger partial charge >= 0.3 is 0 Å². The Morgan fingerprint density at radius 3 is 2.85 bits per heavy atom. The smallest absolute Gasteiger partial charge is 0.251 e. The Morgan fingerprint density at radius 2 is 2.00 bits per heavy atom. The van der Waals surface area contributed by atoms with Crippen molar-refractivity contribution in [1.82, 2.24) is 10.6 Å². The Balaban J connectivity index is 1.44. The summed E-state index contributed by atoms with van der Waals surface area (Å²) < 4.78 is 0. The molecule has 1 heterocycles. The van der Waals surface area contributed by atoms with Crippen LogP contribution in [-0.4, -0.2) is 12.5 Å². The second-order valence-corrected chi connectivity index (χ2v) is 6.14. The van der Waals surface area contributed by atoms with E-state index < -0.39 is 0 Å². The van der Waals surface area contributed by atoms with Crippen molar-refractivity contribution >= 4 is 5.91 Å². The standard InChI is InChI=1S/C17H24N2O/c20-17(19-9-3-6-13-4-1-2-5-13)14-7-8-15-11-18-12-16(15)10-14/h7-8,10,13,18H,1-6,9,11-12H2,(H,19,20). The first-order valence-electron chi connectivity index (χ1n) is 7.93. The Bertz CT molecular complexity index is 478. The highest BCUT2D eigenvalue weighted by Crippen LogP contribution is 2.28. The number of carbonyl (C=O) groups excluding carboxylic acids is 1. The van der Waals surface area contributed by atoms with E-state index in [1.807, 2.05) is 12.1 Å². The van der Waals surface area contributed by atoms with Crippen molar-refractivity contribution < 1.29 is 4.79 Å². The van der Waals surface area contributed by atoms with Crippen LogP contribution in [-0.2, 0) is 13.1 Å². The summed E-state index contributed by atoms with van der Waals surface area (Å²) in [6.07, 6.45) is 7.98. The molecule has 0 spiro atoms. The van der Waals surface area contributed by atoms with Gasteiger partial charge in [0.15, 0.2) is 0 Å². The van der Waals surface area contributed by atoms with Crippen molar-refractivity contribution in [2.24, 2.45) is 5.92 Å². The van der Waals surface area contributed by atoms with Gasteiger partial charge in [0, 0.05) is 25.2 Å². The third kappa shape index (κ3) is 3.21. The molecule has 0 saturated heterocycles. The number of amides is 1. The number of fused-ring (bicyclic) bond motifs is 1. The zero-order valence-electron chi connectivity index (χ0n) is 12.1. The monoisotopic (exact) mass is 272 g/mol. The fraction of sp³-hybridized carbons (Fsp3) is 0.588. The second kappa shape index (κ2) is 6.40. The molecule has 2 aliphatic rings. The largest absolute Gasteiger partial charge is 0.352 e. The molecule has 1 amide bonds. The van der Waals surface area contributed by atoms with Crippen molar-refractivity contribution in [3.8, 4) is 0 Å². The molecule has 0 radical (unpaired) electrons. The fourth-order valence-electron chi connectivity index (χ4n) is 3.43. The number of hydrogen-bond acceptors (Lipinski definition) is 2. The highest BCUT2D eigenvalue weighted by atomic mass is 16.1. The van der Waals surface area contributed by atoms with E-state index in [1.54, 1.807) is 0 Å². The summed E-state index contributed by atoms with van der Waals surface area (Å²) in [5.74, 6) is 0.990. The summed E-state index contributed by atoms with van der Waals surface area (Å²) in [6.45, 7) is 2.63. The van der Waals surface area contributed by atoms with Crippen LogP contribution in [0, 0.1) is 5.92 Å². The lowest BCUT2D eigenvalue weighted by molar-refractivity contribution is 0.0952. The van der Waals surface area contributed by atoms with E-state index in [2.05, 4.69) is 16.7 Å². The molecule has 2 N–H and O–H groups in total. The Hall–Kier alpha value is -1.35. The minimum Gasteiger partial charge on any atom is -0.352 e. The first-order valence-corrected chi connectivity index (χ1v) is 7.93. The van der Waals surface area contributed by atoms with Gasteiger partial charge in [0.1, 0.15) is 0 Å². The molecule has 0 bridgehead atoms. The minimum absolute atomic E-state index is 0.0751. The number of carbonyl (C=O) groups is 1. The maximum Gasteiger partial charge on any atom is 0.251 e.